The van der Waals surface area contributed by atoms with Crippen LogP contribution in [0.1, 0.15) is 20.7 Å². The molecule has 212 valence electrons. The second-order valence-corrected chi connectivity index (χ2v) is 7.66. The lowest BCUT2D eigenvalue weighted by Gasteiger charge is -2.10. The number of phenolic OH excluding ortho intramolecular Hbond substituents is 1. The Labute approximate surface area is 232 Å². The van der Waals surface area contributed by atoms with E-state index in [-0.39, 0.29) is 17.1 Å². The number of ether oxygens (including phenoxy) is 3. The SMILES string of the molecule is COc1cc(C=O)ccc1O.COc1cc(C=O)ccc1Oc1ccc([N+](=O)[O-])cc1.O=[N+]([O-])c1ccc(F)cc1. The second-order valence-electron chi connectivity index (χ2n) is 7.66. The van der Waals surface area contributed by atoms with Crippen molar-refractivity contribution >= 4 is 23.9 Å². The van der Waals surface area contributed by atoms with Gasteiger partial charge in [0.2, 0.25) is 0 Å². The number of benzene rings is 4. The van der Waals surface area contributed by atoms with Crippen LogP contribution in [0.25, 0.3) is 0 Å². The molecule has 4 aromatic carbocycles. The summed E-state index contributed by atoms with van der Waals surface area (Å²) >= 11 is 0. The van der Waals surface area contributed by atoms with E-state index in [1.807, 2.05) is 0 Å². The summed E-state index contributed by atoms with van der Waals surface area (Å²) in [5.74, 6) is 1.16. The molecule has 0 bridgehead atoms. The lowest BCUT2D eigenvalue weighted by Crippen LogP contribution is -1.92. The number of phenols is 1. The number of hydrogen-bond acceptors (Lipinski definition) is 10. The number of aldehydes is 2. The number of nitro groups is 2. The lowest BCUT2D eigenvalue weighted by molar-refractivity contribution is -0.385. The van der Waals surface area contributed by atoms with Gasteiger partial charge < -0.3 is 19.3 Å². The van der Waals surface area contributed by atoms with Gasteiger partial charge in [-0.2, -0.15) is 0 Å². The van der Waals surface area contributed by atoms with Gasteiger partial charge in [-0.1, -0.05) is 0 Å². The number of methoxy groups -OCH3 is 2. The summed E-state index contributed by atoms with van der Waals surface area (Å²) in [5.41, 5.74) is 0.847. The number of carbonyl (C=O) groups excluding carboxylic acids is 2. The molecule has 0 aromatic heterocycles. The van der Waals surface area contributed by atoms with Gasteiger partial charge in [0, 0.05) is 35.4 Å². The van der Waals surface area contributed by atoms with E-state index >= 15 is 0 Å². The zero-order valence-corrected chi connectivity index (χ0v) is 21.6. The molecule has 0 fully saturated rings. The Morgan fingerprint density at radius 1 is 0.683 bits per heavy atom. The summed E-state index contributed by atoms with van der Waals surface area (Å²) in [7, 11) is 2.90. The Morgan fingerprint density at radius 3 is 1.61 bits per heavy atom. The average molecular weight is 566 g/mol. The highest BCUT2D eigenvalue weighted by atomic mass is 19.1. The minimum absolute atomic E-state index is 0.0133. The van der Waals surface area contributed by atoms with Gasteiger partial charge in [-0.25, -0.2) is 4.39 Å². The van der Waals surface area contributed by atoms with Gasteiger partial charge in [-0.3, -0.25) is 29.8 Å². The number of carbonyl (C=O) groups is 2. The molecule has 0 unspecified atom stereocenters. The van der Waals surface area contributed by atoms with Crippen LogP contribution in [-0.2, 0) is 0 Å². The van der Waals surface area contributed by atoms with E-state index in [2.05, 4.69) is 0 Å². The maximum Gasteiger partial charge on any atom is 0.269 e. The maximum absolute atomic E-state index is 12.1. The monoisotopic (exact) mass is 566 g/mol. The molecule has 0 aliphatic heterocycles. The summed E-state index contributed by atoms with van der Waals surface area (Å²) < 4.78 is 27.6. The fourth-order valence-electron chi connectivity index (χ4n) is 2.93. The molecule has 0 spiro atoms. The molecule has 0 saturated carbocycles. The number of non-ortho nitro benzene ring substituents is 2. The van der Waals surface area contributed by atoms with E-state index in [0.717, 1.165) is 24.3 Å². The van der Waals surface area contributed by atoms with Crippen molar-refractivity contribution < 1.29 is 43.1 Å². The Bertz CT molecular complexity index is 1490. The topological polar surface area (TPSA) is 168 Å². The molecular formula is C28H23FN2O10. The van der Waals surface area contributed by atoms with E-state index < -0.39 is 15.7 Å². The number of halogens is 1. The number of hydrogen-bond donors (Lipinski definition) is 1. The minimum Gasteiger partial charge on any atom is -0.504 e. The molecule has 4 rings (SSSR count). The van der Waals surface area contributed by atoms with Gasteiger partial charge in [0.25, 0.3) is 11.4 Å². The Kier molecular flexibility index (Phi) is 11.9. The van der Waals surface area contributed by atoms with Crippen molar-refractivity contribution in [2.75, 3.05) is 14.2 Å². The van der Waals surface area contributed by atoms with E-state index in [9.17, 15) is 34.2 Å². The highest BCUT2D eigenvalue weighted by Crippen LogP contribution is 2.32. The van der Waals surface area contributed by atoms with Gasteiger partial charge in [-0.05, 0) is 60.7 Å². The third-order valence-corrected chi connectivity index (χ3v) is 4.98. The van der Waals surface area contributed by atoms with Crippen molar-refractivity contribution in [2.45, 2.75) is 0 Å². The molecule has 0 heterocycles. The van der Waals surface area contributed by atoms with Gasteiger partial charge in [0.05, 0.1) is 24.1 Å². The van der Waals surface area contributed by atoms with Crippen molar-refractivity contribution in [1.82, 2.24) is 0 Å². The second kappa shape index (κ2) is 15.5. The first-order valence-corrected chi connectivity index (χ1v) is 11.4. The molecule has 13 heteroatoms. The molecule has 41 heavy (non-hydrogen) atoms. The Hall–Kier alpha value is -5.85. The van der Waals surface area contributed by atoms with E-state index in [1.54, 1.807) is 18.2 Å². The normalized spacial score (nSPS) is 9.54. The quantitative estimate of drug-likeness (QED) is 0.148. The predicted molar refractivity (Wildman–Crippen MR) is 145 cm³/mol. The fourth-order valence-corrected chi connectivity index (χ4v) is 2.93. The molecular weight excluding hydrogens is 543 g/mol. The van der Waals surface area contributed by atoms with Crippen molar-refractivity contribution in [3.05, 3.63) is 122 Å². The standard InChI is InChI=1S/C14H11NO5.C8H8O3.C6H4FNO2/c1-19-14-8-10(9-16)2-7-13(14)20-12-5-3-11(4-6-12)15(17)18;1-11-8-4-6(5-9)2-3-7(8)10;7-5-1-3-6(4-2-5)8(9)10/h2-9H,1H3;2-5,10H,1H3;1-4H. The molecule has 0 aliphatic carbocycles. The molecule has 0 amide bonds. The van der Waals surface area contributed by atoms with Gasteiger partial charge >= 0.3 is 0 Å². The van der Waals surface area contributed by atoms with Crippen molar-refractivity contribution in [3.63, 3.8) is 0 Å². The van der Waals surface area contributed by atoms with Crippen LogP contribution in [0.4, 0.5) is 15.8 Å². The van der Waals surface area contributed by atoms with Crippen LogP contribution >= 0.6 is 0 Å². The Balaban J connectivity index is 0.000000236. The molecule has 0 saturated heterocycles. The largest absolute Gasteiger partial charge is 0.504 e. The van der Waals surface area contributed by atoms with Crippen LogP contribution in [0.2, 0.25) is 0 Å². The third-order valence-electron chi connectivity index (χ3n) is 4.98. The summed E-state index contributed by atoms with van der Waals surface area (Å²) in [6.07, 6.45) is 1.40. The summed E-state index contributed by atoms with van der Waals surface area (Å²) in [4.78, 5) is 40.4. The zero-order chi connectivity index (χ0) is 30.4. The number of rotatable bonds is 8. The first-order chi connectivity index (χ1) is 19.6. The van der Waals surface area contributed by atoms with Gasteiger partial charge in [0.15, 0.2) is 23.0 Å². The molecule has 0 atom stereocenters. The van der Waals surface area contributed by atoms with Crippen LogP contribution < -0.4 is 14.2 Å². The van der Waals surface area contributed by atoms with Gasteiger partial charge in [-0.15, -0.1) is 0 Å². The molecule has 4 aromatic rings. The zero-order valence-electron chi connectivity index (χ0n) is 21.6. The van der Waals surface area contributed by atoms with E-state index in [0.29, 0.717) is 46.7 Å². The Morgan fingerprint density at radius 2 is 1.15 bits per heavy atom. The smallest absolute Gasteiger partial charge is 0.269 e. The highest BCUT2D eigenvalue weighted by Gasteiger charge is 2.09. The summed E-state index contributed by atoms with van der Waals surface area (Å²) in [5, 5.41) is 29.6. The van der Waals surface area contributed by atoms with Gasteiger partial charge in [0.1, 0.15) is 24.1 Å². The number of nitro benzene ring substituents is 2. The van der Waals surface area contributed by atoms with Crippen LogP contribution in [0, 0.1) is 26.0 Å². The highest BCUT2D eigenvalue weighted by molar-refractivity contribution is 5.77. The maximum atomic E-state index is 12.1. The number of nitrogens with zero attached hydrogens (tertiary/aromatic N) is 2. The fraction of sp³-hybridized carbons (Fsp3) is 0.0714. The minimum atomic E-state index is -0.570. The molecule has 1 N–H and O–H groups in total. The van der Waals surface area contributed by atoms with E-state index in [4.69, 9.17) is 19.3 Å². The molecule has 12 nitrogen and oxygen atoms in total. The van der Waals surface area contributed by atoms with E-state index in [1.165, 1.54) is 56.7 Å². The number of aromatic hydroxyl groups is 1. The van der Waals surface area contributed by atoms with Crippen LogP contribution in [0.3, 0.4) is 0 Å². The summed E-state index contributed by atoms with van der Waals surface area (Å²) in [6, 6.07) is 19.2. The summed E-state index contributed by atoms with van der Waals surface area (Å²) in [6.45, 7) is 0. The van der Waals surface area contributed by atoms with Crippen LogP contribution in [0.15, 0.2) is 84.9 Å². The van der Waals surface area contributed by atoms with Crippen molar-refractivity contribution in [1.29, 1.82) is 0 Å². The van der Waals surface area contributed by atoms with Crippen molar-refractivity contribution in [3.8, 4) is 28.7 Å². The first kappa shape index (κ1) is 31.4. The predicted octanol–water partition coefficient (Wildman–Crippen LogP) is 6.16. The average Bonchev–Trinajstić information content (AvgIpc) is 2.98. The van der Waals surface area contributed by atoms with Crippen LogP contribution in [0.5, 0.6) is 28.7 Å². The van der Waals surface area contributed by atoms with Crippen LogP contribution in [-0.4, -0.2) is 41.7 Å². The third kappa shape index (κ3) is 9.76. The lowest BCUT2D eigenvalue weighted by atomic mass is 10.2. The molecule has 0 radical (unpaired) electrons. The molecule has 0 aliphatic rings. The van der Waals surface area contributed by atoms with Crippen molar-refractivity contribution in [2.24, 2.45) is 0 Å². The first-order valence-electron chi connectivity index (χ1n) is 11.4.